The molecule has 0 aliphatic carbocycles. The highest BCUT2D eigenvalue weighted by molar-refractivity contribution is 5.79. The Hall–Kier alpha value is -4.20. The van der Waals surface area contributed by atoms with E-state index < -0.39 is 0 Å². The minimum atomic E-state index is -0.310. The lowest BCUT2D eigenvalue weighted by Crippen LogP contribution is -2.08. The van der Waals surface area contributed by atoms with Crippen LogP contribution in [0.2, 0.25) is 0 Å². The fourth-order valence-electron chi connectivity index (χ4n) is 3.40. The van der Waals surface area contributed by atoms with Crippen LogP contribution < -0.4 is 5.32 Å². The summed E-state index contributed by atoms with van der Waals surface area (Å²) in [5.74, 6) is 0.848. The number of nitrogens with zero attached hydrogens (tertiary/aromatic N) is 4. The molecular weight excluding hydrogens is 397 g/mol. The minimum Gasteiger partial charge on any atom is -0.508 e. The first kappa shape index (κ1) is 18.8. The van der Waals surface area contributed by atoms with Crippen molar-refractivity contribution in [1.82, 2.24) is 19.4 Å². The maximum absolute atomic E-state index is 13.4. The molecule has 5 aromatic rings. The second-order valence-electron chi connectivity index (χ2n) is 6.98. The van der Waals surface area contributed by atoms with Gasteiger partial charge in [0.1, 0.15) is 29.2 Å². The van der Waals surface area contributed by atoms with Crippen LogP contribution >= 0.6 is 0 Å². The van der Waals surface area contributed by atoms with Crippen molar-refractivity contribution < 1.29 is 13.9 Å². The van der Waals surface area contributed by atoms with Crippen LogP contribution in [0.15, 0.2) is 77.7 Å². The normalized spacial score (nSPS) is 11.1. The maximum Gasteiger partial charge on any atom is 0.306 e. The fraction of sp³-hybridized carbons (Fsp3) is 0.0870. The van der Waals surface area contributed by atoms with Crippen molar-refractivity contribution >= 4 is 11.8 Å². The van der Waals surface area contributed by atoms with E-state index in [9.17, 15) is 9.50 Å². The van der Waals surface area contributed by atoms with E-state index in [-0.39, 0.29) is 11.6 Å². The predicted octanol–water partition coefficient (Wildman–Crippen LogP) is 4.55. The SMILES string of the molecule is Oc1ccc(CCNc2nccc(-c3c(-c4ccc(F)cc4)nc4occn34)n2)cc1. The van der Waals surface area contributed by atoms with Crippen LogP contribution in [-0.4, -0.2) is 31.0 Å². The molecule has 0 amide bonds. The highest BCUT2D eigenvalue weighted by Gasteiger charge is 2.19. The molecule has 2 N–H and O–H groups in total. The van der Waals surface area contributed by atoms with Gasteiger partial charge in [0.15, 0.2) is 0 Å². The summed E-state index contributed by atoms with van der Waals surface area (Å²) >= 11 is 0. The van der Waals surface area contributed by atoms with Gasteiger partial charge in [-0.2, -0.15) is 4.98 Å². The van der Waals surface area contributed by atoms with Crippen molar-refractivity contribution in [3.63, 3.8) is 0 Å². The van der Waals surface area contributed by atoms with E-state index in [4.69, 9.17) is 4.42 Å². The monoisotopic (exact) mass is 415 g/mol. The van der Waals surface area contributed by atoms with Crippen molar-refractivity contribution in [1.29, 1.82) is 0 Å². The van der Waals surface area contributed by atoms with Crippen molar-refractivity contribution in [3.05, 3.63) is 84.6 Å². The lowest BCUT2D eigenvalue weighted by molar-refractivity contribution is 0.475. The number of oxazole rings is 1. The molecule has 7 nitrogen and oxygen atoms in total. The molecule has 2 aromatic carbocycles. The van der Waals surface area contributed by atoms with E-state index in [0.29, 0.717) is 29.7 Å². The number of phenolic OH excluding ortho intramolecular Hbond substituents is 1. The van der Waals surface area contributed by atoms with E-state index in [1.807, 2.05) is 12.1 Å². The quantitative estimate of drug-likeness (QED) is 0.423. The van der Waals surface area contributed by atoms with Crippen LogP contribution in [0.25, 0.3) is 28.5 Å². The zero-order chi connectivity index (χ0) is 21.2. The number of halogens is 1. The Morgan fingerprint density at radius 2 is 1.81 bits per heavy atom. The van der Waals surface area contributed by atoms with Crippen LogP contribution in [-0.2, 0) is 6.42 Å². The van der Waals surface area contributed by atoms with Gasteiger partial charge in [0, 0.05) is 24.5 Å². The number of hydrogen-bond acceptors (Lipinski definition) is 6. The Kier molecular flexibility index (Phi) is 4.80. The molecule has 0 atom stereocenters. The molecule has 0 spiro atoms. The number of nitrogens with one attached hydrogen (secondary N) is 1. The molecule has 0 saturated heterocycles. The summed E-state index contributed by atoms with van der Waals surface area (Å²) in [6.07, 6.45) is 5.76. The van der Waals surface area contributed by atoms with Crippen molar-refractivity contribution in [2.24, 2.45) is 0 Å². The number of benzene rings is 2. The van der Waals surface area contributed by atoms with Gasteiger partial charge in [-0.1, -0.05) is 12.1 Å². The fourth-order valence-corrected chi connectivity index (χ4v) is 3.40. The van der Waals surface area contributed by atoms with Gasteiger partial charge < -0.3 is 14.8 Å². The van der Waals surface area contributed by atoms with Gasteiger partial charge in [0.05, 0.1) is 5.69 Å². The second kappa shape index (κ2) is 7.91. The Labute approximate surface area is 176 Å². The second-order valence-corrected chi connectivity index (χ2v) is 6.98. The van der Waals surface area contributed by atoms with Crippen molar-refractivity contribution in [3.8, 4) is 28.4 Å². The molecule has 0 fully saturated rings. The number of anilines is 1. The lowest BCUT2D eigenvalue weighted by atomic mass is 10.1. The first-order valence-corrected chi connectivity index (χ1v) is 9.74. The summed E-state index contributed by atoms with van der Waals surface area (Å²) in [5, 5.41) is 12.6. The van der Waals surface area contributed by atoms with Gasteiger partial charge in [0.2, 0.25) is 5.95 Å². The number of aromatic nitrogens is 4. The van der Waals surface area contributed by atoms with E-state index in [1.54, 1.807) is 53.4 Å². The van der Waals surface area contributed by atoms with Crippen LogP contribution in [0.1, 0.15) is 5.56 Å². The van der Waals surface area contributed by atoms with Crippen molar-refractivity contribution in [2.45, 2.75) is 6.42 Å². The van der Waals surface area contributed by atoms with Gasteiger partial charge >= 0.3 is 5.84 Å². The number of rotatable bonds is 6. The first-order valence-electron chi connectivity index (χ1n) is 9.74. The molecule has 0 saturated carbocycles. The van der Waals surface area contributed by atoms with Gasteiger partial charge in [0.25, 0.3) is 0 Å². The molecule has 0 radical (unpaired) electrons. The number of hydrogen-bond donors (Lipinski definition) is 2. The van der Waals surface area contributed by atoms with Gasteiger partial charge in [-0.05, 0) is 54.4 Å². The Bertz CT molecular complexity index is 1330. The van der Waals surface area contributed by atoms with Gasteiger partial charge in [-0.15, -0.1) is 0 Å². The molecule has 31 heavy (non-hydrogen) atoms. The van der Waals surface area contributed by atoms with Gasteiger partial charge in [-0.3, -0.25) is 4.40 Å². The van der Waals surface area contributed by atoms with Gasteiger partial charge in [-0.25, -0.2) is 14.4 Å². The summed E-state index contributed by atoms with van der Waals surface area (Å²) in [6.45, 7) is 0.632. The van der Waals surface area contributed by atoms with E-state index in [1.165, 1.54) is 12.1 Å². The summed E-state index contributed by atoms with van der Waals surface area (Å²) in [7, 11) is 0. The number of aromatic hydroxyl groups is 1. The highest BCUT2D eigenvalue weighted by atomic mass is 19.1. The first-order chi connectivity index (χ1) is 15.2. The minimum absolute atomic E-state index is 0.246. The number of phenols is 1. The maximum atomic E-state index is 13.4. The summed E-state index contributed by atoms with van der Waals surface area (Å²) in [5.41, 5.74) is 3.90. The standard InChI is InChI=1S/C23H18FN5O2/c24-17-5-3-16(4-6-17)20-21(29-13-14-31-23(29)28-20)19-10-12-26-22(27-19)25-11-9-15-1-7-18(30)8-2-15/h1-8,10,12-14,30H,9,11H2,(H,25,26,27). The van der Waals surface area contributed by atoms with E-state index in [0.717, 1.165) is 23.2 Å². The number of fused-ring (bicyclic) bond motifs is 1. The number of imidazole rings is 1. The molecule has 3 aromatic heterocycles. The van der Waals surface area contributed by atoms with Crippen LogP contribution in [0.3, 0.4) is 0 Å². The summed E-state index contributed by atoms with van der Waals surface area (Å²) in [6, 6.07) is 15.0. The molecule has 0 bridgehead atoms. The van der Waals surface area contributed by atoms with E-state index >= 15 is 0 Å². The molecule has 8 heteroatoms. The molecule has 0 aliphatic rings. The average Bonchev–Trinajstić information content (AvgIpc) is 3.37. The third-order valence-corrected chi connectivity index (χ3v) is 4.91. The summed E-state index contributed by atoms with van der Waals surface area (Å²) in [4.78, 5) is 13.5. The topological polar surface area (TPSA) is 88.5 Å². The molecule has 3 heterocycles. The third-order valence-electron chi connectivity index (χ3n) is 4.91. The Balaban J connectivity index is 1.44. The average molecular weight is 415 g/mol. The van der Waals surface area contributed by atoms with Crippen LogP contribution in [0.4, 0.5) is 10.3 Å². The third kappa shape index (κ3) is 3.83. The Morgan fingerprint density at radius 3 is 2.61 bits per heavy atom. The largest absolute Gasteiger partial charge is 0.508 e. The zero-order valence-electron chi connectivity index (χ0n) is 16.4. The molecule has 154 valence electrons. The zero-order valence-corrected chi connectivity index (χ0v) is 16.4. The van der Waals surface area contributed by atoms with Crippen LogP contribution in [0.5, 0.6) is 5.75 Å². The summed E-state index contributed by atoms with van der Waals surface area (Å²) < 4.78 is 20.7. The highest BCUT2D eigenvalue weighted by Crippen LogP contribution is 2.32. The predicted molar refractivity (Wildman–Crippen MR) is 114 cm³/mol. The lowest BCUT2D eigenvalue weighted by Gasteiger charge is -2.08. The Morgan fingerprint density at radius 1 is 1.00 bits per heavy atom. The molecular formula is C23H18FN5O2. The smallest absolute Gasteiger partial charge is 0.306 e. The molecule has 0 unspecified atom stereocenters. The molecule has 0 aliphatic heterocycles. The van der Waals surface area contributed by atoms with Crippen LogP contribution in [0, 0.1) is 5.82 Å². The van der Waals surface area contributed by atoms with Crippen molar-refractivity contribution in [2.75, 3.05) is 11.9 Å². The van der Waals surface area contributed by atoms with E-state index in [2.05, 4.69) is 20.3 Å². The molecule has 5 rings (SSSR count).